The molecule has 1 heterocycles. The average Bonchev–Trinajstić information content (AvgIpc) is 2.17. The van der Waals surface area contributed by atoms with Crippen LogP contribution in [0.5, 0.6) is 0 Å². The van der Waals surface area contributed by atoms with Crippen LogP contribution in [0.25, 0.3) is 0 Å². The SMILES string of the molecule is CC12COC3(C)[C@@H](O)C[C@H]1C[C@]23O. The van der Waals surface area contributed by atoms with E-state index in [1.807, 2.05) is 6.92 Å². The maximum Gasteiger partial charge on any atom is 0.120 e. The van der Waals surface area contributed by atoms with Gasteiger partial charge in [0.2, 0.25) is 0 Å². The first-order valence-electron chi connectivity index (χ1n) is 4.98. The molecular weight excluding hydrogens is 168 g/mol. The lowest BCUT2D eigenvalue weighted by Gasteiger charge is -2.65. The first-order valence-corrected chi connectivity index (χ1v) is 4.98. The molecule has 3 saturated carbocycles. The van der Waals surface area contributed by atoms with Gasteiger partial charge < -0.3 is 14.9 Å². The van der Waals surface area contributed by atoms with Crippen molar-refractivity contribution >= 4 is 0 Å². The second kappa shape index (κ2) is 1.81. The molecule has 1 aliphatic heterocycles. The molecule has 4 bridgehead atoms. The number of ether oxygens (including phenoxy) is 1. The highest BCUT2D eigenvalue weighted by Gasteiger charge is 2.79. The molecule has 2 N–H and O–H groups in total. The van der Waals surface area contributed by atoms with E-state index in [-0.39, 0.29) is 5.41 Å². The molecule has 4 fully saturated rings. The van der Waals surface area contributed by atoms with E-state index in [0.29, 0.717) is 12.5 Å². The third-order valence-electron chi connectivity index (χ3n) is 5.02. The lowest BCUT2D eigenvalue weighted by Crippen LogP contribution is -2.75. The molecule has 4 aliphatic rings. The molecule has 0 radical (unpaired) electrons. The first kappa shape index (κ1) is 8.21. The number of hydrogen-bond acceptors (Lipinski definition) is 3. The van der Waals surface area contributed by atoms with Gasteiger partial charge >= 0.3 is 0 Å². The molecule has 0 spiro atoms. The summed E-state index contributed by atoms with van der Waals surface area (Å²) in [5.41, 5.74) is -1.58. The van der Waals surface area contributed by atoms with E-state index in [9.17, 15) is 10.2 Å². The Labute approximate surface area is 77.7 Å². The van der Waals surface area contributed by atoms with Crippen molar-refractivity contribution in [3.8, 4) is 0 Å². The van der Waals surface area contributed by atoms with Gasteiger partial charge in [-0.25, -0.2) is 0 Å². The number of aliphatic hydroxyl groups excluding tert-OH is 1. The second-order valence-corrected chi connectivity index (χ2v) is 5.33. The quantitative estimate of drug-likeness (QED) is 0.569. The predicted molar refractivity (Wildman–Crippen MR) is 46.1 cm³/mol. The molecule has 3 nitrogen and oxygen atoms in total. The Kier molecular flexibility index (Phi) is 1.14. The number of hydrogen-bond donors (Lipinski definition) is 2. The Morgan fingerprint density at radius 3 is 2.69 bits per heavy atom. The summed E-state index contributed by atoms with van der Waals surface area (Å²) in [7, 11) is 0. The van der Waals surface area contributed by atoms with Crippen LogP contribution in [-0.2, 0) is 4.74 Å². The monoisotopic (exact) mass is 184 g/mol. The van der Waals surface area contributed by atoms with Gasteiger partial charge in [-0.05, 0) is 25.7 Å². The van der Waals surface area contributed by atoms with Crippen LogP contribution in [0.2, 0.25) is 0 Å². The van der Waals surface area contributed by atoms with Crippen LogP contribution in [0.4, 0.5) is 0 Å². The van der Waals surface area contributed by atoms with Crippen LogP contribution < -0.4 is 0 Å². The molecular formula is C10H16O3. The van der Waals surface area contributed by atoms with E-state index in [1.165, 1.54) is 0 Å². The molecule has 3 heteroatoms. The van der Waals surface area contributed by atoms with Crippen LogP contribution in [0.1, 0.15) is 26.7 Å². The smallest absolute Gasteiger partial charge is 0.120 e. The van der Waals surface area contributed by atoms with Gasteiger partial charge in [0.05, 0.1) is 12.7 Å². The highest BCUT2D eigenvalue weighted by molar-refractivity contribution is 5.28. The summed E-state index contributed by atoms with van der Waals surface area (Å²) in [5.74, 6) is 0.447. The largest absolute Gasteiger partial charge is 0.390 e. The summed E-state index contributed by atoms with van der Waals surface area (Å²) in [6.07, 6.45) is 1.10. The van der Waals surface area contributed by atoms with Crippen molar-refractivity contribution in [2.24, 2.45) is 11.3 Å². The van der Waals surface area contributed by atoms with Crippen LogP contribution in [0.3, 0.4) is 0 Å². The van der Waals surface area contributed by atoms with E-state index < -0.39 is 17.3 Å². The molecule has 0 aromatic carbocycles. The van der Waals surface area contributed by atoms with Crippen molar-refractivity contribution in [3.05, 3.63) is 0 Å². The maximum atomic E-state index is 10.4. The van der Waals surface area contributed by atoms with Crippen molar-refractivity contribution in [2.75, 3.05) is 6.61 Å². The minimum Gasteiger partial charge on any atom is -0.390 e. The van der Waals surface area contributed by atoms with Gasteiger partial charge in [0.1, 0.15) is 11.2 Å². The molecule has 0 amide bonds. The summed E-state index contributed by atoms with van der Waals surface area (Å²) < 4.78 is 5.64. The molecule has 0 aromatic heterocycles. The molecule has 5 atom stereocenters. The van der Waals surface area contributed by atoms with Crippen LogP contribution in [0.15, 0.2) is 0 Å². The average molecular weight is 184 g/mol. The highest BCUT2D eigenvalue weighted by atomic mass is 16.5. The normalized spacial score (nSPS) is 69.2. The van der Waals surface area contributed by atoms with Crippen molar-refractivity contribution in [2.45, 2.75) is 44.0 Å². The summed E-state index contributed by atoms with van der Waals surface area (Å²) >= 11 is 0. The zero-order valence-corrected chi connectivity index (χ0v) is 8.08. The lowest BCUT2D eigenvalue weighted by molar-refractivity contribution is -0.284. The van der Waals surface area contributed by atoms with E-state index in [4.69, 9.17) is 4.74 Å². The fourth-order valence-corrected chi connectivity index (χ4v) is 3.66. The Morgan fingerprint density at radius 2 is 2.08 bits per heavy atom. The predicted octanol–water partition coefficient (Wildman–Crippen LogP) is 0.297. The van der Waals surface area contributed by atoms with Gasteiger partial charge in [0, 0.05) is 5.41 Å². The molecule has 4 rings (SSSR count). The zero-order valence-electron chi connectivity index (χ0n) is 8.08. The van der Waals surface area contributed by atoms with Gasteiger partial charge in [-0.3, -0.25) is 0 Å². The van der Waals surface area contributed by atoms with E-state index in [0.717, 1.165) is 12.8 Å². The maximum absolute atomic E-state index is 10.4. The van der Waals surface area contributed by atoms with E-state index >= 15 is 0 Å². The molecule has 1 saturated heterocycles. The first-order chi connectivity index (χ1) is 5.94. The highest BCUT2D eigenvalue weighted by Crippen LogP contribution is 2.70. The van der Waals surface area contributed by atoms with Gasteiger partial charge in [0.25, 0.3) is 0 Å². The summed E-state index contributed by atoms with van der Waals surface area (Å²) in [6.45, 7) is 4.53. The fraction of sp³-hybridized carbons (Fsp3) is 1.00. The molecule has 13 heavy (non-hydrogen) atoms. The summed E-state index contributed by atoms with van der Waals surface area (Å²) in [4.78, 5) is 0. The molecule has 2 unspecified atom stereocenters. The third-order valence-corrected chi connectivity index (χ3v) is 5.02. The van der Waals surface area contributed by atoms with Gasteiger partial charge in [-0.2, -0.15) is 0 Å². The van der Waals surface area contributed by atoms with Gasteiger partial charge in [-0.1, -0.05) is 6.92 Å². The minimum absolute atomic E-state index is 0.0963. The Hall–Kier alpha value is -0.120. The number of rotatable bonds is 0. The lowest BCUT2D eigenvalue weighted by atomic mass is 9.42. The van der Waals surface area contributed by atoms with Gasteiger partial charge in [0.15, 0.2) is 0 Å². The van der Waals surface area contributed by atoms with Gasteiger partial charge in [-0.15, -0.1) is 0 Å². The topological polar surface area (TPSA) is 49.7 Å². The summed E-state index contributed by atoms with van der Waals surface area (Å²) in [6, 6.07) is 0. The number of fused-ring (bicyclic) bond motifs is 1. The van der Waals surface area contributed by atoms with Crippen molar-refractivity contribution in [1.82, 2.24) is 0 Å². The zero-order chi connectivity index (χ0) is 9.48. The Balaban J connectivity index is 2.13. The number of aliphatic hydroxyl groups is 2. The standard InChI is InChI=1S/C10H16O3/c1-8-5-13-9(2)7(11)3-6(8)4-10(8,9)12/h6-7,11-12H,3-5H2,1-2H3/t6-,7-,8?,9?,10-/m0/s1. The Morgan fingerprint density at radius 1 is 1.38 bits per heavy atom. The van der Waals surface area contributed by atoms with Crippen molar-refractivity contribution in [1.29, 1.82) is 0 Å². The fourth-order valence-electron chi connectivity index (χ4n) is 3.66. The van der Waals surface area contributed by atoms with Crippen LogP contribution in [-0.4, -0.2) is 34.1 Å². The summed E-state index contributed by atoms with van der Waals surface area (Å²) in [5, 5.41) is 20.3. The van der Waals surface area contributed by atoms with E-state index in [1.54, 1.807) is 0 Å². The second-order valence-electron chi connectivity index (χ2n) is 5.33. The third kappa shape index (κ3) is 0.551. The van der Waals surface area contributed by atoms with E-state index in [2.05, 4.69) is 6.92 Å². The Bertz CT molecular complexity index is 275. The van der Waals surface area contributed by atoms with Crippen molar-refractivity contribution in [3.63, 3.8) is 0 Å². The molecule has 3 aliphatic carbocycles. The molecule has 0 aromatic rings. The van der Waals surface area contributed by atoms with Crippen LogP contribution >= 0.6 is 0 Å². The molecule has 74 valence electrons. The van der Waals surface area contributed by atoms with Crippen LogP contribution in [0, 0.1) is 11.3 Å². The van der Waals surface area contributed by atoms with Crippen molar-refractivity contribution < 1.29 is 14.9 Å². The minimum atomic E-state index is -0.775.